The zero-order valence-corrected chi connectivity index (χ0v) is 11.8. The maximum atomic E-state index is 13.6. The van der Waals surface area contributed by atoms with Crippen molar-refractivity contribution in [2.24, 2.45) is 5.92 Å². The second-order valence-corrected chi connectivity index (χ2v) is 5.57. The number of benzene rings is 1. The molecule has 0 bridgehead atoms. The van der Waals surface area contributed by atoms with Crippen LogP contribution >= 0.6 is 11.8 Å². The van der Waals surface area contributed by atoms with E-state index in [-0.39, 0.29) is 10.6 Å². The van der Waals surface area contributed by atoms with Crippen LogP contribution in [0, 0.1) is 17.6 Å². The van der Waals surface area contributed by atoms with E-state index in [2.05, 4.69) is 13.8 Å². The number of rotatable bonds is 7. The van der Waals surface area contributed by atoms with Gasteiger partial charge in [0.25, 0.3) is 0 Å². The number of nitrogens with two attached hydrogens (primary N) is 1. The molecule has 0 saturated heterocycles. The molecule has 102 valence electrons. The van der Waals surface area contributed by atoms with Crippen molar-refractivity contribution in [2.45, 2.75) is 44.4 Å². The van der Waals surface area contributed by atoms with E-state index in [9.17, 15) is 8.78 Å². The normalized spacial score (nSPS) is 12.7. The maximum Gasteiger partial charge on any atom is 0.141 e. The van der Waals surface area contributed by atoms with Crippen molar-refractivity contribution in [2.75, 3.05) is 11.5 Å². The van der Waals surface area contributed by atoms with Crippen LogP contribution in [0.2, 0.25) is 0 Å². The second kappa shape index (κ2) is 7.62. The predicted molar refractivity (Wildman–Crippen MR) is 74.8 cm³/mol. The first kappa shape index (κ1) is 15.3. The van der Waals surface area contributed by atoms with Crippen LogP contribution in [0.4, 0.5) is 14.5 Å². The standard InChI is InChI=1S/C14H21F2NS/c1-3-5-6-10(4-2)9-18-14-12(15)7-11(17)8-13(14)16/h7-8,10H,3-6,9,17H2,1-2H3. The summed E-state index contributed by atoms with van der Waals surface area (Å²) in [7, 11) is 0. The van der Waals surface area contributed by atoms with Gasteiger partial charge in [0.15, 0.2) is 0 Å². The Hall–Kier alpha value is -0.770. The van der Waals surface area contributed by atoms with Crippen LogP contribution in [0.25, 0.3) is 0 Å². The van der Waals surface area contributed by atoms with Gasteiger partial charge in [-0.25, -0.2) is 8.78 Å². The van der Waals surface area contributed by atoms with Gasteiger partial charge in [0, 0.05) is 11.4 Å². The van der Waals surface area contributed by atoms with Crippen molar-refractivity contribution >= 4 is 17.4 Å². The molecule has 0 amide bonds. The number of hydrogen-bond acceptors (Lipinski definition) is 2. The number of anilines is 1. The highest BCUT2D eigenvalue weighted by Gasteiger charge is 2.13. The minimum atomic E-state index is -0.553. The molecule has 4 heteroatoms. The Morgan fingerprint density at radius 3 is 2.33 bits per heavy atom. The molecule has 1 aromatic rings. The van der Waals surface area contributed by atoms with Gasteiger partial charge in [-0.15, -0.1) is 11.8 Å². The van der Waals surface area contributed by atoms with E-state index in [1.165, 1.54) is 30.3 Å². The van der Waals surface area contributed by atoms with Crippen LogP contribution in [0.5, 0.6) is 0 Å². The van der Waals surface area contributed by atoms with Gasteiger partial charge in [0.2, 0.25) is 0 Å². The topological polar surface area (TPSA) is 26.0 Å². The van der Waals surface area contributed by atoms with E-state index in [1.807, 2.05) is 0 Å². The van der Waals surface area contributed by atoms with Crippen LogP contribution in [0.3, 0.4) is 0 Å². The van der Waals surface area contributed by atoms with Gasteiger partial charge in [-0.2, -0.15) is 0 Å². The fourth-order valence-electron chi connectivity index (χ4n) is 1.82. The summed E-state index contributed by atoms with van der Waals surface area (Å²) in [5, 5.41) is 0. The first-order chi connectivity index (χ1) is 8.58. The summed E-state index contributed by atoms with van der Waals surface area (Å²) >= 11 is 1.26. The third kappa shape index (κ3) is 4.48. The van der Waals surface area contributed by atoms with Gasteiger partial charge in [-0.3, -0.25) is 0 Å². The molecule has 0 aliphatic rings. The Balaban J connectivity index is 2.62. The van der Waals surface area contributed by atoms with Crippen LogP contribution in [0.15, 0.2) is 17.0 Å². The average molecular weight is 273 g/mol. The fraction of sp³-hybridized carbons (Fsp3) is 0.571. The van der Waals surface area contributed by atoms with Crippen molar-refractivity contribution < 1.29 is 8.78 Å². The molecule has 0 radical (unpaired) electrons. The third-order valence-corrected chi connectivity index (χ3v) is 4.34. The van der Waals surface area contributed by atoms with Crippen LogP contribution in [-0.2, 0) is 0 Å². The molecule has 0 spiro atoms. The summed E-state index contributed by atoms with van der Waals surface area (Å²) in [5.74, 6) is 0.172. The van der Waals surface area contributed by atoms with Crippen LogP contribution < -0.4 is 5.73 Å². The molecule has 0 saturated carbocycles. The van der Waals surface area contributed by atoms with E-state index in [1.54, 1.807) is 0 Å². The summed E-state index contributed by atoms with van der Waals surface area (Å²) in [6, 6.07) is 2.36. The van der Waals surface area contributed by atoms with E-state index in [0.29, 0.717) is 5.92 Å². The van der Waals surface area contributed by atoms with Crippen LogP contribution in [-0.4, -0.2) is 5.75 Å². The Morgan fingerprint density at radius 2 is 1.83 bits per heavy atom. The lowest BCUT2D eigenvalue weighted by molar-refractivity contribution is 0.497. The van der Waals surface area contributed by atoms with Crippen LogP contribution in [0.1, 0.15) is 39.5 Å². The lowest BCUT2D eigenvalue weighted by Gasteiger charge is -2.14. The lowest BCUT2D eigenvalue weighted by Crippen LogP contribution is -2.03. The molecule has 0 aliphatic heterocycles. The summed E-state index contributed by atoms with van der Waals surface area (Å²) < 4.78 is 27.2. The third-order valence-electron chi connectivity index (χ3n) is 3.03. The summed E-state index contributed by atoms with van der Waals surface area (Å²) in [6.07, 6.45) is 4.50. The molecule has 1 atom stereocenters. The smallest absolute Gasteiger partial charge is 0.141 e. The highest BCUT2D eigenvalue weighted by Crippen LogP contribution is 2.30. The van der Waals surface area contributed by atoms with Crippen molar-refractivity contribution in [1.29, 1.82) is 0 Å². The minimum absolute atomic E-state index is 0.0964. The second-order valence-electron chi connectivity index (χ2n) is 4.54. The number of thioether (sulfide) groups is 1. The Morgan fingerprint density at radius 1 is 1.22 bits per heavy atom. The van der Waals surface area contributed by atoms with Gasteiger partial charge in [0.05, 0.1) is 4.90 Å². The van der Waals surface area contributed by atoms with Gasteiger partial charge >= 0.3 is 0 Å². The summed E-state index contributed by atoms with van der Waals surface area (Å²) in [6.45, 7) is 4.27. The molecule has 0 aromatic heterocycles. The first-order valence-electron chi connectivity index (χ1n) is 6.45. The van der Waals surface area contributed by atoms with E-state index >= 15 is 0 Å². The molecule has 0 fully saturated rings. The first-order valence-corrected chi connectivity index (χ1v) is 7.44. The SMILES string of the molecule is CCCCC(CC)CSc1c(F)cc(N)cc1F. The molecule has 1 aromatic carbocycles. The zero-order chi connectivity index (χ0) is 13.5. The van der Waals surface area contributed by atoms with Gasteiger partial charge < -0.3 is 5.73 Å². The number of hydrogen-bond donors (Lipinski definition) is 1. The summed E-state index contributed by atoms with van der Waals surface area (Å²) in [5.41, 5.74) is 5.52. The van der Waals surface area contributed by atoms with E-state index < -0.39 is 11.6 Å². The highest BCUT2D eigenvalue weighted by atomic mass is 32.2. The van der Waals surface area contributed by atoms with Gasteiger partial charge in [-0.1, -0.05) is 33.1 Å². The van der Waals surface area contributed by atoms with Crippen molar-refractivity contribution in [1.82, 2.24) is 0 Å². The van der Waals surface area contributed by atoms with Crippen molar-refractivity contribution in [3.63, 3.8) is 0 Å². The van der Waals surface area contributed by atoms with Gasteiger partial charge in [-0.05, 0) is 24.5 Å². The van der Waals surface area contributed by atoms with Crippen molar-refractivity contribution in [3.05, 3.63) is 23.8 Å². The molecule has 0 aliphatic carbocycles. The Labute approximate surface area is 112 Å². The molecule has 0 heterocycles. The molecule has 18 heavy (non-hydrogen) atoms. The Kier molecular flexibility index (Phi) is 6.47. The number of unbranched alkanes of at least 4 members (excludes halogenated alkanes) is 1. The highest BCUT2D eigenvalue weighted by molar-refractivity contribution is 7.99. The molecule has 1 nitrogen and oxygen atoms in total. The van der Waals surface area contributed by atoms with Gasteiger partial charge in [0.1, 0.15) is 11.6 Å². The quantitative estimate of drug-likeness (QED) is 0.567. The summed E-state index contributed by atoms with van der Waals surface area (Å²) in [4.78, 5) is 0.0964. The average Bonchev–Trinajstić information content (AvgIpc) is 2.31. The monoisotopic (exact) mass is 273 g/mol. The molecule has 1 rings (SSSR count). The zero-order valence-electron chi connectivity index (χ0n) is 11.0. The van der Waals surface area contributed by atoms with E-state index in [4.69, 9.17) is 5.73 Å². The molecule has 2 N–H and O–H groups in total. The minimum Gasteiger partial charge on any atom is -0.399 e. The number of halogens is 2. The number of nitrogen functional groups attached to an aromatic ring is 1. The van der Waals surface area contributed by atoms with Crippen molar-refractivity contribution in [3.8, 4) is 0 Å². The Bertz CT molecular complexity index is 359. The predicted octanol–water partition coefficient (Wildman–Crippen LogP) is 4.86. The maximum absolute atomic E-state index is 13.6. The molecular weight excluding hydrogens is 252 g/mol. The molecule has 1 unspecified atom stereocenters. The molecular formula is C14H21F2NS. The van der Waals surface area contributed by atoms with E-state index in [0.717, 1.165) is 25.0 Å². The fourth-order valence-corrected chi connectivity index (χ4v) is 3.02. The lowest BCUT2D eigenvalue weighted by atomic mass is 10.0. The largest absolute Gasteiger partial charge is 0.399 e.